The van der Waals surface area contributed by atoms with E-state index in [1.807, 2.05) is 38.1 Å². The number of benzene rings is 2. The molecule has 2 aromatic rings. The van der Waals surface area contributed by atoms with Crippen molar-refractivity contribution in [1.82, 2.24) is 5.32 Å². The highest BCUT2D eigenvalue weighted by Crippen LogP contribution is 2.26. The zero-order chi connectivity index (χ0) is 22.3. The first kappa shape index (κ1) is 24.4. The number of carbonyl (C=O) groups excluding carboxylic acids is 1. The van der Waals surface area contributed by atoms with Crippen LogP contribution in [0.25, 0.3) is 0 Å². The maximum atomic E-state index is 12.6. The topological polar surface area (TPSA) is 69.6 Å². The number of carbonyl (C=O) groups is 1. The van der Waals surface area contributed by atoms with Crippen LogP contribution in [0.4, 0.5) is 0 Å². The van der Waals surface area contributed by atoms with Crippen LogP contribution in [0, 0.1) is 0 Å². The van der Waals surface area contributed by atoms with E-state index in [2.05, 4.69) is 31.3 Å². The van der Waals surface area contributed by atoms with Crippen LogP contribution in [0.5, 0.6) is 0 Å². The second-order valence-electron chi connectivity index (χ2n) is 8.87. The highest BCUT2D eigenvalue weighted by atomic mass is 35.5. The van der Waals surface area contributed by atoms with E-state index in [4.69, 9.17) is 11.6 Å². The molecule has 164 valence electrons. The van der Waals surface area contributed by atoms with Gasteiger partial charge >= 0.3 is 0 Å². The van der Waals surface area contributed by atoms with Gasteiger partial charge in [-0.3, -0.25) is 4.79 Å². The van der Waals surface area contributed by atoms with Gasteiger partial charge in [0.15, 0.2) is 0 Å². The molecule has 0 bridgehead atoms. The van der Waals surface area contributed by atoms with E-state index in [0.29, 0.717) is 23.8 Å². The van der Waals surface area contributed by atoms with E-state index in [1.165, 1.54) is 5.56 Å². The molecule has 2 aromatic carbocycles. The Bertz CT molecular complexity index is 843. The lowest BCUT2D eigenvalue weighted by atomic mass is 9.86. The Labute approximate surface area is 185 Å². The van der Waals surface area contributed by atoms with Gasteiger partial charge in [0.25, 0.3) is 0 Å². The SMILES string of the molecule is CC(C)c1cccc(CCC(C)(C)O)c1CC(CO)NC(=O)Cc1ccccc1Cl. The molecule has 0 heterocycles. The summed E-state index contributed by atoms with van der Waals surface area (Å²) < 4.78 is 0. The third kappa shape index (κ3) is 7.42. The highest BCUT2D eigenvalue weighted by molar-refractivity contribution is 6.31. The van der Waals surface area contributed by atoms with Gasteiger partial charge in [0, 0.05) is 5.02 Å². The van der Waals surface area contributed by atoms with E-state index >= 15 is 0 Å². The minimum Gasteiger partial charge on any atom is -0.394 e. The molecule has 0 fully saturated rings. The van der Waals surface area contributed by atoms with Crippen LogP contribution in [-0.2, 0) is 24.1 Å². The maximum Gasteiger partial charge on any atom is 0.224 e. The predicted molar refractivity (Wildman–Crippen MR) is 123 cm³/mol. The van der Waals surface area contributed by atoms with Crippen LogP contribution in [0.2, 0.25) is 5.02 Å². The second kappa shape index (κ2) is 10.9. The number of aryl methyl sites for hydroxylation is 1. The third-order valence-electron chi connectivity index (χ3n) is 5.28. The summed E-state index contributed by atoms with van der Waals surface area (Å²) in [4.78, 5) is 12.6. The number of aliphatic hydroxyl groups is 2. The fourth-order valence-corrected chi connectivity index (χ4v) is 3.82. The highest BCUT2D eigenvalue weighted by Gasteiger charge is 2.20. The average molecular weight is 432 g/mol. The average Bonchev–Trinajstić information content (AvgIpc) is 2.67. The third-order valence-corrected chi connectivity index (χ3v) is 5.65. The fourth-order valence-electron chi connectivity index (χ4n) is 3.62. The molecule has 0 aromatic heterocycles. The molecule has 1 amide bonds. The van der Waals surface area contributed by atoms with Gasteiger partial charge in [-0.1, -0.05) is 61.8 Å². The van der Waals surface area contributed by atoms with Crippen LogP contribution < -0.4 is 5.32 Å². The summed E-state index contributed by atoms with van der Waals surface area (Å²) in [6, 6.07) is 13.1. The summed E-state index contributed by atoms with van der Waals surface area (Å²) in [5.74, 6) is 0.155. The molecule has 4 nitrogen and oxygen atoms in total. The predicted octanol–water partition coefficient (Wildman–Crippen LogP) is 4.43. The Morgan fingerprint density at radius 3 is 2.37 bits per heavy atom. The summed E-state index contributed by atoms with van der Waals surface area (Å²) in [5, 5.41) is 23.6. The van der Waals surface area contributed by atoms with Crippen molar-refractivity contribution in [3.8, 4) is 0 Å². The summed E-state index contributed by atoms with van der Waals surface area (Å²) in [7, 11) is 0. The molecule has 0 aliphatic heterocycles. The molecule has 1 unspecified atom stereocenters. The number of nitrogens with one attached hydrogen (secondary N) is 1. The van der Waals surface area contributed by atoms with E-state index in [1.54, 1.807) is 6.07 Å². The molecule has 3 N–H and O–H groups in total. The minimum atomic E-state index is -0.745. The Hall–Kier alpha value is -1.88. The summed E-state index contributed by atoms with van der Waals surface area (Å²) in [6.07, 6.45) is 2.10. The summed E-state index contributed by atoms with van der Waals surface area (Å²) >= 11 is 6.17. The Morgan fingerprint density at radius 2 is 1.77 bits per heavy atom. The van der Waals surface area contributed by atoms with Gasteiger partial charge in [0.05, 0.1) is 24.7 Å². The largest absolute Gasteiger partial charge is 0.394 e. The number of aliphatic hydroxyl groups excluding tert-OH is 1. The van der Waals surface area contributed by atoms with Crippen molar-refractivity contribution < 1.29 is 15.0 Å². The molecule has 0 saturated heterocycles. The standard InChI is InChI=1S/C25H34ClNO3/c1-17(2)21-10-7-9-18(12-13-25(3,4)30)22(21)15-20(16-28)27-24(29)14-19-8-5-6-11-23(19)26/h5-11,17,20,28,30H,12-16H2,1-4H3,(H,27,29). The van der Waals surface area contributed by atoms with Gasteiger partial charge in [-0.15, -0.1) is 0 Å². The molecule has 0 saturated carbocycles. The first-order chi connectivity index (χ1) is 14.1. The van der Waals surface area contributed by atoms with Gasteiger partial charge in [-0.05, 0) is 67.3 Å². The number of hydrogen-bond donors (Lipinski definition) is 3. The zero-order valence-corrected chi connectivity index (χ0v) is 19.2. The van der Waals surface area contributed by atoms with Crippen LogP contribution >= 0.6 is 11.6 Å². The van der Waals surface area contributed by atoms with Crippen molar-refractivity contribution in [2.24, 2.45) is 0 Å². The minimum absolute atomic E-state index is 0.147. The van der Waals surface area contributed by atoms with Crippen LogP contribution in [0.3, 0.4) is 0 Å². The van der Waals surface area contributed by atoms with E-state index < -0.39 is 5.60 Å². The van der Waals surface area contributed by atoms with Crippen molar-refractivity contribution in [2.45, 2.75) is 70.9 Å². The lowest BCUT2D eigenvalue weighted by Crippen LogP contribution is -2.40. The number of hydrogen-bond acceptors (Lipinski definition) is 3. The molecular weight excluding hydrogens is 398 g/mol. The van der Waals surface area contributed by atoms with Crippen molar-refractivity contribution >= 4 is 17.5 Å². The smallest absolute Gasteiger partial charge is 0.224 e. The van der Waals surface area contributed by atoms with Crippen LogP contribution in [0.15, 0.2) is 42.5 Å². The molecule has 5 heteroatoms. The molecule has 30 heavy (non-hydrogen) atoms. The molecule has 2 rings (SSSR count). The van der Waals surface area contributed by atoms with E-state index in [9.17, 15) is 15.0 Å². The van der Waals surface area contributed by atoms with E-state index in [-0.39, 0.29) is 25.0 Å². The molecule has 0 spiro atoms. The number of halogens is 1. The Balaban J connectivity index is 2.18. The van der Waals surface area contributed by atoms with Crippen LogP contribution in [-0.4, -0.2) is 34.4 Å². The first-order valence-electron chi connectivity index (χ1n) is 10.6. The molecule has 1 atom stereocenters. The van der Waals surface area contributed by atoms with Crippen molar-refractivity contribution in [2.75, 3.05) is 6.61 Å². The summed E-state index contributed by atoms with van der Waals surface area (Å²) in [5.41, 5.74) is 3.53. The number of rotatable bonds is 10. The second-order valence-corrected chi connectivity index (χ2v) is 9.28. The lowest BCUT2D eigenvalue weighted by Gasteiger charge is -2.24. The van der Waals surface area contributed by atoms with E-state index in [0.717, 1.165) is 23.1 Å². The zero-order valence-electron chi connectivity index (χ0n) is 18.4. The van der Waals surface area contributed by atoms with Crippen molar-refractivity contribution in [1.29, 1.82) is 0 Å². The van der Waals surface area contributed by atoms with Crippen LogP contribution in [0.1, 0.15) is 62.3 Å². The Morgan fingerprint density at radius 1 is 1.10 bits per heavy atom. The lowest BCUT2D eigenvalue weighted by molar-refractivity contribution is -0.121. The quantitative estimate of drug-likeness (QED) is 0.521. The van der Waals surface area contributed by atoms with Gasteiger partial charge in [0.1, 0.15) is 0 Å². The first-order valence-corrected chi connectivity index (χ1v) is 10.9. The monoisotopic (exact) mass is 431 g/mol. The number of amides is 1. The fraction of sp³-hybridized carbons (Fsp3) is 0.480. The van der Waals surface area contributed by atoms with Gasteiger partial charge in [0.2, 0.25) is 5.91 Å². The molecule has 0 aliphatic carbocycles. The van der Waals surface area contributed by atoms with Gasteiger partial charge in [-0.25, -0.2) is 0 Å². The van der Waals surface area contributed by atoms with Gasteiger partial charge in [-0.2, -0.15) is 0 Å². The molecule has 0 radical (unpaired) electrons. The van der Waals surface area contributed by atoms with Gasteiger partial charge < -0.3 is 15.5 Å². The normalized spacial score (nSPS) is 12.8. The molecular formula is C25H34ClNO3. The maximum absolute atomic E-state index is 12.6. The molecule has 0 aliphatic rings. The Kier molecular flexibility index (Phi) is 8.90. The van der Waals surface area contributed by atoms with Crippen molar-refractivity contribution in [3.05, 3.63) is 69.7 Å². The summed E-state index contributed by atoms with van der Waals surface area (Å²) in [6.45, 7) is 7.76. The van der Waals surface area contributed by atoms with Crippen molar-refractivity contribution in [3.63, 3.8) is 0 Å².